The van der Waals surface area contributed by atoms with Crippen LogP contribution in [0.15, 0.2) is 29.2 Å². The van der Waals surface area contributed by atoms with Gasteiger partial charge in [-0.2, -0.15) is 0 Å². The number of aromatic nitrogens is 2. The van der Waals surface area contributed by atoms with E-state index in [9.17, 15) is 4.79 Å². The number of hydrogen-bond donors (Lipinski definition) is 1. The van der Waals surface area contributed by atoms with Crippen molar-refractivity contribution in [2.75, 3.05) is 14.2 Å². The van der Waals surface area contributed by atoms with E-state index >= 15 is 0 Å². The molecular weight excluding hydrogens is 256 g/mol. The Hall–Kier alpha value is -2.17. The Bertz CT molecular complexity index is 643. The molecule has 0 amide bonds. The van der Waals surface area contributed by atoms with Crippen molar-refractivity contribution in [3.63, 3.8) is 0 Å². The van der Waals surface area contributed by atoms with E-state index in [0.29, 0.717) is 18.0 Å². The highest BCUT2D eigenvalue weighted by molar-refractivity contribution is 5.43. The predicted molar refractivity (Wildman–Crippen MR) is 77.8 cm³/mol. The lowest BCUT2D eigenvalue weighted by molar-refractivity contribution is 0.354. The van der Waals surface area contributed by atoms with E-state index in [1.807, 2.05) is 25.1 Å². The van der Waals surface area contributed by atoms with Crippen molar-refractivity contribution in [1.29, 1.82) is 0 Å². The van der Waals surface area contributed by atoms with Gasteiger partial charge in [0.05, 0.1) is 14.2 Å². The first-order chi connectivity index (χ1) is 9.56. The maximum Gasteiger partial charge on any atom is 0.325 e. The quantitative estimate of drug-likeness (QED) is 0.911. The van der Waals surface area contributed by atoms with E-state index in [-0.39, 0.29) is 11.6 Å². The van der Waals surface area contributed by atoms with Gasteiger partial charge in [0.1, 0.15) is 0 Å². The summed E-state index contributed by atoms with van der Waals surface area (Å²) in [4.78, 5) is 14.4. The van der Waals surface area contributed by atoms with Crippen molar-refractivity contribution in [2.45, 2.75) is 26.3 Å². The van der Waals surface area contributed by atoms with E-state index < -0.39 is 0 Å². The number of hydrogen-bond acceptors (Lipinski definition) is 3. The SMILES string of the molecule is COc1ccc(C(C)Cn2c(C)c[nH]c2=O)cc1OC. The molecule has 1 atom stereocenters. The van der Waals surface area contributed by atoms with Crippen LogP contribution in [-0.2, 0) is 6.54 Å². The number of nitrogens with one attached hydrogen (secondary N) is 1. The summed E-state index contributed by atoms with van der Waals surface area (Å²) in [5.41, 5.74) is 1.97. The minimum absolute atomic E-state index is 0.0742. The second-order valence-electron chi connectivity index (χ2n) is 4.86. The number of H-pyrrole nitrogens is 1. The number of nitrogens with zero attached hydrogens (tertiary/aromatic N) is 1. The molecular formula is C15H20N2O3. The van der Waals surface area contributed by atoms with Gasteiger partial charge in [-0.25, -0.2) is 4.79 Å². The second kappa shape index (κ2) is 5.86. The average molecular weight is 276 g/mol. The molecule has 1 heterocycles. The third kappa shape index (κ3) is 2.71. The molecule has 20 heavy (non-hydrogen) atoms. The van der Waals surface area contributed by atoms with Gasteiger partial charge >= 0.3 is 5.69 Å². The number of imidazole rings is 1. The van der Waals surface area contributed by atoms with Crippen molar-refractivity contribution < 1.29 is 9.47 Å². The molecule has 0 spiro atoms. The lowest BCUT2D eigenvalue weighted by Crippen LogP contribution is -2.21. The average Bonchev–Trinajstić information content (AvgIpc) is 2.78. The van der Waals surface area contributed by atoms with Crippen LogP contribution in [0.2, 0.25) is 0 Å². The Balaban J connectivity index is 2.25. The number of methoxy groups -OCH3 is 2. The van der Waals surface area contributed by atoms with Crippen molar-refractivity contribution in [3.8, 4) is 11.5 Å². The van der Waals surface area contributed by atoms with Gasteiger partial charge in [0.2, 0.25) is 0 Å². The van der Waals surface area contributed by atoms with Crippen LogP contribution in [0.5, 0.6) is 11.5 Å². The normalized spacial score (nSPS) is 12.2. The molecule has 0 aliphatic heterocycles. The topological polar surface area (TPSA) is 56.2 Å². The van der Waals surface area contributed by atoms with Gasteiger partial charge in [-0.05, 0) is 30.5 Å². The first kappa shape index (κ1) is 14.2. The minimum atomic E-state index is -0.0742. The number of ether oxygens (including phenoxy) is 2. The summed E-state index contributed by atoms with van der Waals surface area (Å²) in [6.45, 7) is 4.63. The minimum Gasteiger partial charge on any atom is -0.493 e. The van der Waals surface area contributed by atoms with Crippen molar-refractivity contribution in [1.82, 2.24) is 9.55 Å². The highest BCUT2D eigenvalue weighted by Crippen LogP contribution is 2.30. The zero-order chi connectivity index (χ0) is 14.7. The maximum absolute atomic E-state index is 11.7. The van der Waals surface area contributed by atoms with E-state index in [1.165, 1.54) is 0 Å². The van der Waals surface area contributed by atoms with Crippen LogP contribution in [0.25, 0.3) is 0 Å². The van der Waals surface area contributed by atoms with E-state index in [0.717, 1.165) is 11.3 Å². The fraction of sp³-hybridized carbons (Fsp3) is 0.400. The first-order valence-electron chi connectivity index (χ1n) is 6.53. The summed E-state index contributed by atoms with van der Waals surface area (Å²) in [5.74, 6) is 1.61. The molecule has 1 unspecified atom stereocenters. The zero-order valence-corrected chi connectivity index (χ0v) is 12.3. The van der Waals surface area contributed by atoms with Gasteiger partial charge in [-0.3, -0.25) is 4.57 Å². The summed E-state index contributed by atoms with van der Waals surface area (Å²) in [7, 11) is 3.23. The fourth-order valence-electron chi connectivity index (χ4n) is 2.25. The molecule has 0 radical (unpaired) electrons. The molecule has 1 N–H and O–H groups in total. The third-order valence-corrected chi connectivity index (χ3v) is 3.51. The molecule has 0 bridgehead atoms. The Morgan fingerprint density at radius 1 is 1.25 bits per heavy atom. The molecule has 0 aliphatic carbocycles. The standard InChI is InChI=1S/C15H20N2O3/c1-10(9-17-11(2)8-16-15(17)18)12-5-6-13(19-3)14(7-12)20-4/h5-8,10H,9H2,1-4H3,(H,16,18). The summed E-state index contributed by atoms with van der Waals surface area (Å²) in [6, 6.07) is 5.84. The molecule has 2 aromatic rings. The molecule has 108 valence electrons. The van der Waals surface area contributed by atoms with Crippen molar-refractivity contribution in [2.24, 2.45) is 0 Å². The molecule has 0 aliphatic rings. The molecule has 0 fully saturated rings. The van der Waals surface area contributed by atoms with Crippen LogP contribution >= 0.6 is 0 Å². The van der Waals surface area contributed by atoms with Crippen LogP contribution < -0.4 is 15.2 Å². The van der Waals surface area contributed by atoms with Gasteiger partial charge in [0.15, 0.2) is 11.5 Å². The van der Waals surface area contributed by atoms with Crippen LogP contribution in [0.4, 0.5) is 0 Å². The molecule has 0 saturated carbocycles. The molecule has 1 aromatic heterocycles. The second-order valence-corrected chi connectivity index (χ2v) is 4.86. The maximum atomic E-state index is 11.7. The Morgan fingerprint density at radius 2 is 1.95 bits per heavy atom. The Morgan fingerprint density at radius 3 is 2.50 bits per heavy atom. The van der Waals surface area contributed by atoms with E-state index in [2.05, 4.69) is 11.9 Å². The zero-order valence-electron chi connectivity index (χ0n) is 12.3. The molecule has 0 saturated heterocycles. The van der Waals surface area contributed by atoms with Crippen LogP contribution in [-0.4, -0.2) is 23.8 Å². The molecule has 5 heteroatoms. The lowest BCUT2D eigenvalue weighted by atomic mass is 10.0. The summed E-state index contributed by atoms with van der Waals surface area (Å²) < 4.78 is 12.3. The number of benzene rings is 1. The van der Waals surface area contributed by atoms with Crippen molar-refractivity contribution in [3.05, 3.63) is 46.1 Å². The number of rotatable bonds is 5. The molecule has 5 nitrogen and oxygen atoms in total. The van der Waals surface area contributed by atoms with Crippen molar-refractivity contribution >= 4 is 0 Å². The number of aromatic amines is 1. The number of aryl methyl sites for hydroxylation is 1. The first-order valence-corrected chi connectivity index (χ1v) is 6.53. The molecule has 2 rings (SSSR count). The van der Waals surface area contributed by atoms with E-state index in [4.69, 9.17) is 9.47 Å². The van der Waals surface area contributed by atoms with Gasteiger partial charge in [-0.15, -0.1) is 0 Å². The summed E-state index contributed by atoms with van der Waals surface area (Å²) in [6.07, 6.45) is 1.73. The lowest BCUT2D eigenvalue weighted by Gasteiger charge is -2.16. The smallest absolute Gasteiger partial charge is 0.325 e. The monoisotopic (exact) mass is 276 g/mol. The Kier molecular flexibility index (Phi) is 4.17. The Labute approximate surface area is 118 Å². The fourth-order valence-corrected chi connectivity index (χ4v) is 2.25. The third-order valence-electron chi connectivity index (χ3n) is 3.51. The van der Waals surface area contributed by atoms with Crippen LogP contribution in [0.1, 0.15) is 24.1 Å². The van der Waals surface area contributed by atoms with Crippen LogP contribution in [0.3, 0.4) is 0 Å². The summed E-state index contributed by atoms with van der Waals surface area (Å²) >= 11 is 0. The van der Waals surface area contributed by atoms with E-state index in [1.54, 1.807) is 25.0 Å². The largest absolute Gasteiger partial charge is 0.493 e. The van der Waals surface area contributed by atoms with Crippen LogP contribution in [0, 0.1) is 6.92 Å². The van der Waals surface area contributed by atoms with Gasteiger partial charge in [0.25, 0.3) is 0 Å². The highest BCUT2D eigenvalue weighted by atomic mass is 16.5. The molecule has 1 aromatic carbocycles. The van der Waals surface area contributed by atoms with Gasteiger partial charge in [0, 0.05) is 18.4 Å². The summed E-state index contributed by atoms with van der Waals surface area (Å²) in [5, 5.41) is 0. The van der Waals surface area contributed by atoms with Gasteiger partial charge in [-0.1, -0.05) is 13.0 Å². The predicted octanol–water partition coefficient (Wildman–Crippen LogP) is 2.31. The highest BCUT2D eigenvalue weighted by Gasteiger charge is 2.13. The van der Waals surface area contributed by atoms with Gasteiger partial charge < -0.3 is 14.5 Å².